The summed E-state index contributed by atoms with van der Waals surface area (Å²) in [5.74, 6) is 0. The molecule has 1 fully saturated rings. The van der Waals surface area contributed by atoms with Crippen LogP contribution in [0.2, 0.25) is 5.15 Å². The number of nitrogens with zero attached hydrogens (tertiary/aromatic N) is 3. The fourth-order valence-electron chi connectivity index (χ4n) is 2.95. The summed E-state index contributed by atoms with van der Waals surface area (Å²) in [6.07, 6.45) is 7.32. The molecule has 23 heavy (non-hydrogen) atoms. The first kappa shape index (κ1) is 16.6. The average molecular weight is 354 g/mol. The maximum absolute atomic E-state index is 10.2. The molecule has 0 radical (unpaired) electrons. The molecule has 2 aromatic heterocycles. The van der Waals surface area contributed by atoms with E-state index in [1.165, 1.54) is 29.7 Å². The Hall–Kier alpha value is -1.24. The normalized spacial score (nSPS) is 20.6. The van der Waals surface area contributed by atoms with Crippen molar-refractivity contribution in [2.75, 3.05) is 19.8 Å². The van der Waals surface area contributed by atoms with Crippen LogP contribution in [0, 0.1) is 0 Å². The summed E-state index contributed by atoms with van der Waals surface area (Å²) in [5, 5.41) is 1.73. The summed E-state index contributed by atoms with van der Waals surface area (Å²) in [6, 6.07) is 0.260. The highest BCUT2D eigenvalue weighted by molar-refractivity contribution is 7.19. The summed E-state index contributed by atoms with van der Waals surface area (Å²) in [4.78, 5) is 22.8. The Morgan fingerprint density at radius 3 is 2.96 bits per heavy atom. The van der Waals surface area contributed by atoms with Gasteiger partial charge in [0.1, 0.15) is 16.3 Å². The van der Waals surface area contributed by atoms with Crippen molar-refractivity contribution < 1.29 is 9.53 Å². The van der Waals surface area contributed by atoms with Crippen LogP contribution >= 0.6 is 22.9 Å². The highest BCUT2D eigenvalue weighted by Gasteiger charge is 2.18. The summed E-state index contributed by atoms with van der Waals surface area (Å²) in [6.45, 7) is 4.08. The molecule has 1 atom stereocenters. The van der Waals surface area contributed by atoms with Crippen LogP contribution in [0.3, 0.4) is 0 Å². The van der Waals surface area contributed by atoms with E-state index in [1.54, 1.807) is 22.6 Å². The maximum atomic E-state index is 10.2. The highest BCUT2D eigenvalue weighted by Crippen LogP contribution is 2.37. The molecule has 1 aliphatic heterocycles. The van der Waals surface area contributed by atoms with Crippen LogP contribution in [0.4, 0.5) is 0 Å². The van der Waals surface area contributed by atoms with Crippen LogP contribution in [-0.4, -0.2) is 47.1 Å². The lowest BCUT2D eigenvalue weighted by molar-refractivity contribution is -0.125. The molecular formula is C16H20ClN3O2S. The zero-order valence-corrected chi connectivity index (χ0v) is 14.7. The fourth-order valence-corrected chi connectivity index (χ4v) is 4.48. The van der Waals surface area contributed by atoms with Gasteiger partial charge < -0.3 is 9.64 Å². The van der Waals surface area contributed by atoms with E-state index in [2.05, 4.69) is 9.97 Å². The van der Waals surface area contributed by atoms with E-state index in [0.29, 0.717) is 18.4 Å². The number of hydrogen-bond acceptors (Lipinski definition) is 5. The Morgan fingerprint density at radius 1 is 1.39 bits per heavy atom. The van der Waals surface area contributed by atoms with Crippen molar-refractivity contribution in [3.63, 3.8) is 0 Å². The number of rotatable bonds is 1. The summed E-state index contributed by atoms with van der Waals surface area (Å²) >= 11 is 7.87. The summed E-state index contributed by atoms with van der Waals surface area (Å²) in [7, 11) is 0. The van der Waals surface area contributed by atoms with E-state index in [9.17, 15) is 4.79 Å². The number of aromatic nitrogens is 2. The van der Waals surface area contributed by atoms with Crippen LogP contribution in [-0.2, 0) is 22.4 Å². The number of thiophene rings is 1. The number of carbonyl (C=O) groups is 1. The van der Waals surface area contributed by atoms with Gasteiger partial charge in [-0.15, -0.1) is 11.3 Å². The fraction of sp³-hybridized carbons (Fsp3) is 0.562. The Bertz CT molecular complexity index is 691. The molecule has 7 heteroatoms. The number of aryl methyl sites for hydroxylation is 2. The van der Waals surface area contributed by atoms with Crippen molar-refractivity contribution in [3.05, 3.63) is 21.9 Å². The predicted molar refractivity (Wildman–Crippen MR) is 92.1 cm³/mol. The van der Waals surface area contributed by atoms with Crippen LogP contribution in [0.25, 0.3) is 10.2 Å². The summed E-state index contributed by atoms with van der Waals surface area (Å²) in [5.41, 5.74) is 1.40. The smallest absolute Gasteiger partial charge is 0.210 e. The molecule has 1 saturated heterocycles. The number of amides is 1. The standard InChI is InChI=1S/C10H9ClN2S.C6H11NO2/c11-9-8-6-3-1-2-4-7(6)14-10(8)13-5-12-9;1-6-4-9-3-2-7(6)5-8/h5H,1-4H2;5-6H,2-4H2,1H3. The van der Waals surface area contributed by atoms with E-state index < -0.39 is 0 Å². The molecule has 1 unspecified atom stereocenters. The molecule has 0 spiro atoms. The minimum atomic E-state index is 0.260. The maximum Gasteiger partial charge on any atom is 0.210 e. The van der Waals surface area contributed by atoms with Gasteiger partial charge in [0.25, 0.3) is 0 Å². The minimum absolute atomic E-state index is 0.260. The van der Waals surface area contributed by atoms with E-state index in [4.69, 9.17) is 16.3 Å². The Labute approximate surface area is 144 Å². The van der Waals surface area contributed by atoms with E-state index in [-0.39, 0.29) is 6.04 Å². The molecule has 0 saturated carbocycles. The topological polar surface area (TPSA) is 55.3 Å². The molecule has 0 N–H and O–H groups in total. The van der Waals surface area contributed by atoms with Crippen molar-refractivity contribution >= 4 is 39.6 Å². The number of carbonyl (C=O) groups excluding carboxylic acids is 1. The minimum Gasteiger partial charge on any atom is -0.377 e. The van der Waals surface area contributed by atoms with E-state index in [1.807, 2.05) is 6.92 Å². The second-order valence-corrected chi connectivity index (χ2v) is 7.26. The van der Waals surface area contributed by atoms with Gasteiger partial charge in [0, 0.05) is 11.4 Å². The van der Waals surface area contributed by atoms with Crippen molar-refractivity contribution in [1.82, 2.24) is 14.9 Å². The van der Waals surface area contributed by atoms with Gasteiger partial charge in [0.15, 0.2) is 0 Å². The Morgan fingerprint density at radius 2 is 2.22 bits per heavy atom. The lowest BCUT2D eigenvalue weighted by Gasteiger charge is -2.29. The largest absolute Gasteiger partial charge is 0.377 e. The molecule has 0 bridgehead atoms. The lowest BCUT2D eigenvalue weighted by Crippen LogP contribution is -2.42. The zero-order chi connectivity index (χ0) is 16.2. The third kappa shape index (κ3) is 3.65. The Balaban J connectivity index is 0.000000151. The number of ether oxygens (including phenoxy) is 1. The van der Waals surface area contributed by atoms with Crippen LogP contribution in [0.15, 0.2) is 6.33 Å². The second-order valence-electron chi connectivity index (χ2n) is 5.82. The van der Waals surface area contributed by atoms with Crippen LogP contribution in [0.1, 0.15) is 30.2 Å². The van der Waals surface area contributed by atoms with Crippen LogP contribution in [0.5, 0.6) is 0 Å². The van der Waals surface area contributed by atoms with Gasteiger partial charge in [-0.2, -0.15) is 0 Å². The molecular weight excluding hydrogens is 334 g/mol. The molecule has 124 valence electrons. The predicted octanol–water partition coefficient (Wildman–Crippen LogP) is 3.09. The molecule has 5 nitrogen and oxygen atoms in total. The van der Waals surface area contributed by atoms with E-state index in [0.717, 1.165) is 29.6 Å². The second kappa shape index (κ2) is 7.55. The van der Waals surface area contributed by atoms with Gasteiger partial charge in [0.2, 0.25) is 6.41 Å². The quantitative estimate of drug-likeness (QED) is 0.584. The van der Waals surface area contributed by atoms with Gasteiger partial charge in [-0.1, -0.05) is 11.6 Å². The first-order valence-electron chi connectivity index (χ1n) is 7.90. The first-order chi connectivity index (χ1) is 11.2. The number of halogens is 1. The Kier molecular flexibility index (Phi) is 5.46. The van der Waals surface area contributed by atoms with E-state index >= 15 is 0 Å². The van der Waals surface area contributed by atoms with Gasteiger partial charge >= 0.3 is 0 Å². The third-order valence-electron chi connectivity index (χ3n) is 4.26. The van der Waals surface area contributed by atoms with Crippen molar-refractivity contribution in [2.45, 2.75) is 38.6 Å². The van der Waals surface area contributed by atoms with Gasteiger partial charge in [-0.05, 0) is 38.2 Å². The van der Waals surface area contributed by atoms with Gasteiger partial charge in [-0.3, -0.25) is 4.79 Å². The van der Waals surface area contributed by atoms with Crippen molar-refractivity contribution in [2.24, 2.45) is 0 Å². The molecule has 2 aliphatic rings. The molecule has 1 aliphatic carbocycles. The summed E-state index contributed by atoms with van der Waals surface area (Å²) < 4.78 is 5.11. The molecule has 4 rings (SSSR count). The molecule has 0 aromatic carbocycles. The monoisotopic (exact) mass is 353 g/mol. The lowest BCUT2D eigenvalue weighted by atomic mass is 9.97. The van der Waals surface area contributed by atoms with Crippen LogP contribution < -0.4 is 0 Å². The first-order valence-corrected chi connectivity index (χ1v) is 9.09. The number of hydrogen-bond donors (Lipinski definition) is 0. The van der Waals surface area contributed by atoms with Crippen molar-refractivity contribution in [1.29, 1.82) is 0 Å². The molecule has 3 heterocycles. The highest BCUT2D eigenvalue weighted by atomic mass is 35.5. The number of morpholine rings is 1. The van der Waals surface area contributed by atoms with Gasteiger partial charge in [0.05, 0.1) is 24.6 Å². The average Bonchev–Trinajstić information content (AvgIpc) is 2.96. The van der Waals surface area contributed by atoms with Crippen molar-refractivity contribution in [3.8, 4) is 0 Å². The SMILES string of the molecule is CC1COCCN1C=O.Clc1ncnc2sc3c(c12)CCCC3. The third-order valence-corrected chi connectivity index (χ3v) is 5.75. The zero-order valence-electron chi connectivity index (χ0n) is 13.1. The van der Waals surface area contributed by atoms with Gasteiger partial charge in [-0.25, -0.2) is 9.97 Å². The molecule has 1 amide bonds. The molecule has 2 aromatic rings. The number of fused-ring (bicyclic) bond motifs is 3.